The second-order valence-electron chi connectivity index (χ2n) is 4.41. The summed E-state index contributed by atoms with van der Waals surface area (Å²) in [5.41, 5.74) is 7.07. The van der Waals surface area contributed by atoms with Crippen LogP contribution in [-0.4, -0.2) is 12.1 Å². The van der Waals surface area contributed by atoms with E-state index in [2.05, 4.69) is 26.0 Å². The molecule has 2 heteroatoms. The number of hydrogen-bond donors (Lipinski definition) is 1. The third kappa shape index (κ3) is 3.56. The van der Waals surface area contributed by atoms with Crippen molar-refractivity contribution in [3.05, 3.63) is 29.8 Å². The molecule has 1 unspecified atom stereocenters. The van der Waals surface area contributed by atoms with Crippen molar-refractivity contribution in [1.29, 1.82) is 0 Å². The first-order valence-corrected chi connectivity index (χ1v) is 5.53. The van der Waals surface area contributed by atoms with Crippen molar-refractivity contribution in [2.24, 2.45) is 5.73 Å². The Labute approximate surface area is 92.4 Å². The minimum atomic E-state index is 0.0507. The first-order valence-electron chi connectivity index (χ1n) is 5.53. The van der Waals surface area contributed by atoms with Gasteiger partial charge in [0.1, 0.15) is 11.9 Å². The van der Waals surface area contributed by atoms with Crippen molar-refractivity contribution in [2.45, 2.75) is 45.8 Å². The summed E-state index contributed by atoms with van der Waals surface area (Å²) in [5.74, 6) is 1.45. The zero-order valence-corrected chi connectivity index (χ0v) is 10.0. The first kappa shape index (κ1) is 12.1. The summed E-state index contributed by atoms with van der Waals surface area (Å²) in [7, 11) is 0. The fraction of sp³-hybridized carbons (Fsp3) is 0.538. The third-order valence-corrected chi connectivity index (χ3v) is 2.61. The highest BCUT2D eigenvalue weighted by molar-refractivity contribution is 5.29. The lowest BCUT2D eigenvalue weighted by Gasteiger charge is -2.18. The molecule has 0 aliphatic carbocycles. The van der Waals surface area contributed by atoms with Crippen LogP contribution in [0.5, 0.6) is 5.75 Å². The molecule has 0 aliphatic rings. The van der Waals surface area contributed by atoms with Crippen LogP contribution in [0.2, 0.25) is 0 Å². The molecule has 2 N–H and O–H groups in total. The Kier molecular flexibility index (Phi) is 4.15. The number of rotatable bonds is 4. The van der Waals surface area contributed by atoms with Crippen molar-refractivity contribution in [1.82, 2.24) is 0 Å². The van der Waals surface area contributed by atoms with E-state index in [-0.39, 0.29) is 12.1 Å². The molecule has 2 atom stereocenters. The van der Waals surface area contributed by atoms with Gasteiger partial charge in [0.25, 0.3) is 0 Å². The molecule has 0 fully saturated rings. The van der Waals surface area contributed by atoms with Crippen molar-refractivity contribution < 1.29 is 4.74 Å². The Bertz CT molecular complexity index is 290. The highest BCUT2D eigenvalue weighted by atomic mass is 16.5. The number of nitrogens with two attached hydrogens (primary N) is 1. The van der Waals surface area contributed by atoms with Crippen LogP contribution in [-0.2, 0) is 0 Å². The monoisotopic (exact) mass is 207 g/mol. The molecule has 0 aromatic heterocycles. The van der Waals surface area contributed by atoms with E-state index >= 15 is 0 Å². The van der Waals surface area contributed by atoms with Crippen LogP contribution in [0.1, 0.15) is 39.2 Å². The lowest BCUT2D eigenvalue weighted by atomic mass is 10.0. The summed E-state index contributed by atoms with van der Waals surface area (Å²) in [6.07, 6.45) is 0.0508. The second kappa shape index (κ2) is 5.17. The lowest BCUT2D eigenvalue weighted by molar-refractivity contribution is 0.196. The van der Waals surface area contributed by atoms with Gasteiger partial charge in [0.15, 0.2) is 0 Å². The zero-order valence-electron chi connectivity index (χ0n) is 10.0. The van der Waals surface area contributed by atoms with Gasteiger partial charge in [0, 0.05) is 6.04 Å². The van der Waals surface area contributed by atoms with Crippen LogP contribution in [0.4, 0.5) is 0 Å². The largest absolute Gasteiger partial charge is 0.489 e. The summed E-state index contributed by atoms with van der Waals surface area (Å²) in [6, 6.07) is 8.28. The van der Waals surface area contributed by atoms with E-state index < -0.39 is 0 Å². The predicted octanol–water partition coefficient (Wildman–Crippen LogP) is 2.92. The van der Waals surface area contributed by atoms with E-state index in [1.54, 1.807) is 0 Å². The molecule has 1 rings (SSSR count). The molecular formula is C13H21NO. The number of hydrogen-bond acceptors (Lipinski definition) is 2. The molecule has 0 bridgehead atoms. The molecule has 0 heterocycles. The summed E-state index contributed by atoms with van der Waals surface area (Å²) < 4.78 is 5.69. The van der Waals surface area contributed by atoms with E-state index in [1.165, 1.54) is 5.56 Å². The van der Waals surface area contributed by atoms with Crippen LogP contribution in [0.3, 0.4) is 0 Å². The second-order valence-corrected chi connectivity index (χ2v) is 4.41. The number of ether oxygens (including phenoxy) is 1. The Hall–Kier alpha value is -1.02. The maximum absolute atomic E-state index is 5.74. The van der Waals surface area contributed by atoms with Gasteiger partial charge in [-0.1, -0.05) is 26.0 Å². The quantitative estimate of drug-likeness (QED) is 0.824. The molecule has 0 radical (unpaired) electrons. The molecule has 2 nitrogen and oxygen atoms in total. The number of benzene rings is 1. The SMILES string of the molecule is CC(C)c1ccc(OC(C)[C@@H](C)N)cc1. The van der Waals surface area contributed by atoms with Gasteiger partial charge in [-0.2, -0.15) is 0 Å². The topological polar surface area (TPSA) is 35.2 Å². The highest BCUT2D eigenvalue weighted by Crippen LogP contribution is 2.19. The molecule has 0 saturated carbocycles. The fourth-order valence-electron chi connectivity index (χ4n) is 1.25. The average Bonchev–Trinajstić information content (AvgIpc) is 2.18. The van der Waals surface area contributed by atoms with Crippen LogP contribution >= 0.6 is 0 Å². The highest BCUT2D eigenvalue weighted by Gasteiger charge is 2.08. The van der Waals surface area contributed by atoms with Gasteiger partial charge in [-0.15, -0.1) is 0 Å². The molecule has 1 aromatic carbocycles. The summed E-state index contributed by atoms with van der Waals surface area (Å²) in [5, 5.41) is 0. The lowest BCUT2D eigenvalue weighted by Crippen LogP contribution is -2.33. The van der Waals surface area contributed by atoms with Crippen molar-refractivity contribution in [3.63, 3.8) is 0 Å². The molecule has 0 spiro atoms. The van der Waals surface area contributed by atoms with Gasteiger partial charge in [-0.05, 0) is 37.5 Å². The van der Waals surface area contributed by atoms with Crippen molar-refractivity contribution >= 4 is 0 Å². The molecule has 1 aromatic rings. The summed E-state index contributed by atoms with van der Waals surface area (Å²) >= 11 is 0. The third-order valence-electron chi connectivity index (χ3n) is 2.61. The maximum atomic E-state index is 5.74. The Morgan fingerprint density at radius 1 is 1.00 bits per heavy atom. The Morgan fingerprint density at radius 2 is 1.53 bits per heavy atom. The first-order chi connectivity index (χ1) is 7.00. The standard InChI is InChI=1S/C13H21NO/c1-9(2)12-5-7-13(8-6-12)15-11(4)10(3)14/h5-11H,14H2,1-4H3/t10-,11?/m1/s1. The molecule has 0 saturated heterocycles. The van der Waals surface area contributed by atoms with Crippen LogP contribution < -0.4 is 10.5 Å². The van der Waals surface area contributed by atoms with E-state index in [4.69, 9.17) is 10.5 Å². The van der Waals surface area contributed by atoms with Crippen molar-refractivity contribution in [2.75, 3.05) is 0 Å². The predicted molar refractivity (Wildman–Crippen MR) is 64.3 cm³/mol. The van der Waals surface area contributed by atoms with Crippen LogP contribution in [0, 0.1) is 0 Å². The summed E-state index contributed by atoms with van der Waals surface area (Å²) in [4.78, 5) is 0. The van der Waals surface area contributed by atoms with E-state index in [0.717, 1.165) is 5.75 Å². The van der Waals surface area contributed by atoms with Gasteiger partial charge in [0.2, 0.25) is 0 Å². The molecule has 0 aliphatic heterocycles. The molecule has 15 heavy (non-hydrogen) atoms. The van der Waals surface area contributed by atoms with E-state index in [0.29, 0.717) is 5.92 Å². The van der Waals surface area contributed by atoms with E-state index in [9.17, 15) is 0 Å². The Morgan fingerprint density at radius 3 is 1.93 bits per heavy atom. The maximum Gasteiger partial charge on any atom is 0.119 e. The Balaban J connectivity index is 2.64. The zero-order chi connectivity index (χ0) is 11.4. The van der Waals surface area contributed by atoms with Gasteiger partial charge in [0.05, 0.1) is 0 Å². The van der Waals surface area contributed by atoms with Crippen LogP contribution in [0.15, 0.2) is 24.3 Å². The van der Waals surface area contributed by atoms with Gasteiger partial charge >= 0.3 is 0 Å². The minimum Gasteiger partial charge on any atom is -0.489 e. The molecule has 0 amide bonds. The molecule has 84 valence electrons. The van der Waals surface area contributed by atoms with E-state index in [1.807, 2.05) is 26.0 Å². The van der Waals surface area contributed by atoms with Crippen LogP contribution in [0.25, 0.3) is 0 Å². The average molecular weight is 207 g/mol. The smallest absolute Gasteiger partial charge is 0.119 e. The van der Waals surface area contributed by atoms with Gasteiger partial charge in [-0.25, -0.2) is 0 Å². The van der Waals surface area contributed by atoms with Gasteiger partial charge < -0.3 is 10.5 Å². The molecular weight excluding hydrogens is 186 g/mol. The summed E-state index contributed by atoms with van der Waals surface area (Å²) in [6.45, 7) is 8.30. The normalized spacial score (nSPS) is 15.1. The fourth-order valence-corrected chi connectivity index (χ4v) is 1.25. The minimum absolute atomic E-state index is 0.0507. The van der Waals surface area contributed by atoms with Crippen molar-refractivity contribution in [3.8, 4) is 5.75 Å². The van der Waals surface area contributed by atoms with Gasteiger partial charge in [-0.3, -0.25) is 0 Å².